The number of hydrogen-bond acceptors (Lipinski definition) is 3. The van der Waals surface area contributed by atoms with Crippen molar-refractivity contribution < 1.29 is 9.59 Å². The van der Waals surface area contributed by atoms with Gasteiger partial charge in [-0.05, 0) is 66.8 Å². The normalized spacial score (nSPS) is 25.0. The molecule has 2 amide bonds. The third-order valence-corrected chi connectivity index (χ3v) is 8.73. The zero-order chi connectivity index (χ0) is 26.2. The molecule has 1 heterocycles. The standard InChI is InChI=1S/C34H28N2O2/c1-20-8-15-25(16-9-20)35-19-34-24-13-11-23(12-14-24)29(26-6-4-5-7-27(26)34)30-31(34)33(38)36(32(30)37)28-17-10-21(2)18-22(28)3/h4-19,29-31H,1-3H3/t29-,30-,31-,34+/m0/s1. The summed E-state index contributed by atoms with van der Waals surface area (Å²) in [7, 11) is 0. The summed E-state index contributed by atoms with van der Waals surface area (Å²) in [6, 6.07) is 30.8. The average Bonchev–Trinajstić information content (AvgIpc) is 3.16. The highest BCUT2D eigenvalue weighted by molar-refractivity contribution is 6.25. The Kier molecular flexibility index (Phi) is 4.87. The van der Waals surface area contributed by atoms with Crippen LogP contribution in [0.25, 0.3) is 0 Å². The molecular weight excluding hydrogens is 468 g/mol. The molecule has 4 atom stereocenters. The number of benzene rings is 4. The molecule has 0 spiro atoms. The van der Waals surface area contributed by atoms with Crippen molar-refractivity contribution in [2.24, 2.45) is 16.8 Å². The van der Waals surface area contributed by atoms with Gasteiger partial charge in [0.2, 0.25) is 11.8 Å². The molecule has 0 saturated carbocycles. The van der Waals surface area contributed by atoms with E-state index < -0.39 is 17.3 Å². The van der Waals surface area contributed by atoms with Crippen LogP contribution in [-0.4, -0.2) is 18.0 Å². The van der Waals surface area contributed by atoms with Crippen molar-refractivity contribution >= 4 is 29.4 Å². The van der Waals surface area contributed by atoms with Crippen molar-refractivity contribution in [2.45, 2.75) is 32.1 Å². The lowest BCUT2D eigenvalue weighted by Gasteiger charge is -2.48. The maximum absolute atomic E-state index is 14.6. The molecule has 38 heavy (non-hydrogen) atoms. The summed E-state index contributed by atoms with van der Waals surface area (Å²) in [6.45, 7) is 6.04. The fourth-order valence-electron chi connectivity index (χ4n) is 7.03. The predicted octanol–water partition coefficient (Wildman–Crippen LogP) is 6.57. The van der Waals surface area contributed by atoms with Crippen molar-refractivity contribution in [3.63, 3.8) is 0 Å². The summed E-state index contributed by atoms with van der Waals surface area (Å²) in [4.78, 5) is 35.4. The summed E-state index contributed by atoms with van der Waals surface area (Å²) in [5.74, 6) is -1.57. The molecule has 5 aliphatic carbocycles. The number of carbonyl (C=O) groups excluding carboxylic acids is 2. The van der Waals surface area contributed by atoms with E-state index >= 15 is 0 Å². The minimum Gasteiger partial charge on any atom is -0.274 e. The van der Waals surface area contributed by atoms with Gasteiger partial charge in [0, 0.05) is 12.1 Å². The third-order valence-electron chi connectivity index (χ3n) is 8.73. The van der Waals surface area contributed by atoms with Gasteiger partial charge < -0.3 is 0 Å². The van der Waals surface area contributed by atoms with Crippen LogP contribution >= 0.6 is 0 Å². The number of carbonyl (C=O) groups is 2. The van der Waals surface area contributed by atoms with Crippen molar-refractivity contribution in [3.05, 3.63) is 130 Å². The minimum absolute atomic E-state index is 0.123. The first kappa shape index (κ1) is 22.9. The molecule has 1 aliphatic heterocycles. The Morgan fingerprint density at radius 1 is 0.789 bits per heavy atom. The number of imide groups is 1. The Balaban J connectivity index is 1.51. The monoisotopic (exact) mass is 496 g/mol. The van der Waals surface area contributed by atoms with Crippen LogP contribution in [0.4, 0.5) is 11.4 Å². The second-order valence-electron chi connectivity index (χ2n) is 11.0. The Labute approximate surface area is 222 Å². The van der Waals surface area contributed by atoms with Gasteiger partial charge in [-0.15, -0.1) is 0 Å². The van der Waals surface area contributed by atoms with E-state index in [4.69, 9.17) is 4.99 Å². The van der Waals surface area contributed by atoms with E-state index in [-0.39, 0.29) is 17.7 Å². The minimum atomic E-state index is -0.873. The summed E-state index contributed by atoms with van der Waals surface area (Å²) in [5.41, 5.74) is 8.04. The van der Waals surface area contributed by atoms with Gasteiger partial charge in [0.25, 0.3) is 0 Å². The van der Waals surface area contributed by atoms with Gasteiger partial charge in [0.1, 0.15) is 0 Å². The van der Waals surface area contributed by atoms with Crippen LogP contribution in [0.5, 0.6) is 0 Å². The average molecular weight is 497 g/mol. The van der Waals surface area contributed by atoms with E-state index in [0.29, 0.717) is 5.69 Å². The number of aryl methyl sites for hydroxylation is 3. The van der Waals surface area contributed by atoms with Crippen LogP contribution in [0.2, 0.25) is 0 Å². The smallest absolute Gasteiger partial charge is 0.239 e. The van der Waals surface area contributed by atoms with Crippen molar-refractivity contribution in [1.29, 1.82) is 0 Å². The molecular formula is C34H28N2O2. The number of amides is 2. The maximum Gasteiger partial charge on any atom is 0.239 e. The zero-order valence-corrected chi connectivity index (χ0v) is 21.7. The Morgan fingerprint density at radius 2 is 1.50 bits per heavy atom. The second kappa shape index (κ2) is 8.09. The number of rotatable bonds is 3. The van der Waals surface area contributed by atoms with E-state index in [0.717, 1.165) is 44.6 Å². The van der Waals surface area contributed by atoms with Gasteiger partial charge in [0.15, 0.2) is 0 Å². The largest absolute Gasteiger partial charge is 0.274 e. The third kappa shape index (κ3) is 3.00. The molecule has 4 nitrogen and oxygen atoms in total. The van der Waals surface area contributed by atoms with Gasteiger partial charge in [-0.3, -0.25) is 14.6 Å². The topological polar surface area (TPSA) is 49.7 Å². The van der Waals surface area contributed by atoms with E-state index in [1.54, 1.807) is 0 Å². The summed E-state index contributed by atoms with van der Waals surface area (Å²) < 4.78 is 0. The number of aliphatic imine (C=N–C) groups is 1. The lowest BCUT2D eigenvalue weighted by atomic mass is 9.52. The molecule has 4 heteroatoms. The number of nitrogens with zero attached hydrogens (tertiary/aromatic N) is 2. The van der Waals surface area contributed by atoms with Crippen LogP contribution in [0.15, 0.2) is 96.0 Å². The van der Waals surface area contributed by atoms with Crippen LogP contribution < -0.4 is 4.90 Å². The summed E-state index contributed by atoms with van der Waals surface area (Å²) in [5, 5.41) is 0. The molecule has 0 N–H and O–H groups in total. The molecule has 0 aromatic heterocycles. The number of hydrogen-bond donors (Lipinski definition) is 0. The molecule has 186 valence electrons. The molecule has 6 aliphatic rings. The summed E-state index contributed by atoms with van der Waals surface area (Å²) >= 11 is 0. The molecule has 0 radical (unpaired) electrons. The van der Waals surface area contributed by atoms with Gasteiger partial charge in [-0.1, -0.05) is 83.9 Å². The van der Waals surface area contributed by atoms with Crippen LogP contribution in [-0.2, 0) is 15.0 Å². The van der Waals surface area contributed by atoms with Gasteiger partial charge >= 0.3 is 0 Å². The molecule has 10 rings (SSSR count). The fourth-order valence-corrected chi connectivity index (χ4v) is 7.03. The van der Waals surface area contributed by atoms with Crippen LogP contribution in [0, 0.1) is 32.6 Å². The van der Waals surface area contributed by atoms with E-state index in [9.17, 15) is 9.59 Å². The van der Waals surface area contributed by atoms with Crippen LogP contribution in [0.1, 0.15) is 44.9 Å². The van der Waals surface area contributed by atoms with Crippen molar-refractivity contribution in [1.82, 2.24) is 0 Å². The van der Waals surface area contributed by atoms with Gasteiger partial charge in [-0.2, -0.15) is 0 Å². The number of anilines is 1. The van der Waals surface area contributed by atoms with E-state index in [2.05, 4.69) is 43.3 Å². The zero-order valence-electron chi connectivity index (χ0n) is 21.7. The Morgan fingerprint density at radius 3 is 2.24 bits per heavy atom. The Bertz CT molecular complexity index is 1650. The molecule has 4 aromatic carbocycles. The molecule has 1 fully saturated rings. The highest BCUT2D eigenvalue weighted by Gasteiger charge is 2.65. The lowest BCUT2D eigenvalue weighted by molar-refractivity contribution is -0.122. The van der Waals surface area contributed by atoms with Crippen molar-refractivity contribution in [3.8, 4) is 0 Å². The Hall–Kier alpha value is -4.31. The first-order chi connectivity index (χ1) is 18.4. The molecule has 0 unspecified atom stereocenters. The van der Waals surface area contributed by atoms with Gasteiger partial charge in [-0.25, -0.2) is 4.90 Å². The molecule has 4 bridgehead atoms. The first-order valence-corrected chi connectivity index (χ1v) is 13.2. The second-order valence-corrected chi connectivity index (χ2v) is 11.0. The summed E-state index contributed by atoms with van der Waals surface area (Å²) in [6.07, 6.45) is 1.95. The van der Waals surface area contributed by atoms with E-state index in [1.165, 1.54) is 4.90 Å². The first-order valence-electron chi connectivity index (χ1n) is 13.2. The van der Waals surface area contributed by atoms with Crippen molar-refractivity contribution in [2.75, 3.05) is 4.90 Å². The SMILES string of the molecule is Cc1ccc(N=C[C@@]23c4ccc(cc4)[C@@H](c4ccccc42)[C@@H]2C(=O)N(c4ccc(C)cc4C)C(=O)[C@H]23)cc1. The highest BCUT2D eigenvalue weighted by atomic mass is 16.2. The van der Waals surface area contributed by atoms with Gasteiger partial charge in [0.05, 0.1) is 28.6 Å². The molecule has 4 aromatic rings. The lowest BCUT2D eigenvalue weighted by Crippen LogP contribution is -2.51. The fraction of sp³-hybridized carbons (Fsp3) is 0.206. The quantitative estimate of drug-likeness (QED) is 0.238. The van der Waals surface area contributed by atoms with Crippen LogP contribution in [0.3, 0.4) is 0 Å². The van der Waals surface area contributed by atoms with E-state index in [1.807, 2.05) is 74.7 Å². The predicted molar refractivity (Wildman–Crippen MR) is 150 cm³/mol. The highest BCUT2D eigenvalue weighted by Crippen LogP contribution is 2.60. The molecule has 1 saturated heterocycles. The maximum atomic E-state index is 14.6.